The van der Waals surface area contributed by atoms with Crippen molar-refractivity contribution in [3.8, 4) is 11.1 Å². The molecule has 31 heavy (non-hydrogen) atoms. The summed E-state index contributed by atoms with van der Waals surface area (Å²) in [5.74, 6) is -3.55. The Kier molecular flexibility index (Phi) is 9.45. The van der Waals surface area contributed by atoms with Gasteiger partial charge in [0.2, 0.25) is 0 Å². The predicted molar refractivity (Wildman–Crippen MR) is 114 cm³/mol. The molecule has 8 nitrogen and oxygen atoms in total. The van der Waals surface area contributed by atoms with Crippen LogP contribution < -0.4 is 5.32 Å². The van der Waals surface area contributed by atoms with E-state index in [4.69, 9.17) is 26.2 Å². The van der Waals surface area contributed by atoms with Crippen LogP contribution in [0.4, 0.5) is 0 Å². The third kappa shape index (κ3) is 8.01. The number of carboxylic acid groups (broad SMARTS) is 1. The molecule has 9 heteroatoms. The van der Waals surface area contributed by atoms with Crippen molar-refractivity contribution in [2.75, 3.05) is 20.3 Å². The topological polar surface area (TPSA) is 122 Å². The van der Waals surface area contributed by atoms with Gasteiger partial charge in [0.15, 0.2) is 6.10 Å². The smallest absolute Gasteiger partial charge is 0.396 e. The molecule has 2 aromatic rings. The number of carbonyl (C=O) groups excluding carboxylic acids is 2. The van der Waals surface area contributed by atoms with E-state index in [0.29, 0.717) is 5.02 Å². The number of nitrogens with one attached hydrogen (secondary N) is 1. The van der Waals surface area contributed by atoms with Crippen LogP contribution >= 0.6 is 11.6 Å². The average molecular weight is 450 g/mol. The molecule has 0 radical (unpaired) electrons. The summed E-state index contributed by atoms with van der Waals surface area (Å²) in [4.78, 5) is 34.9. The number of aliphatic carboxylic acids is 1. The lowest BCUT2D eigenvalue weighted by Crippen LogP contribution is -2.44. The lowest BCUT2D eigenvalue weighted by atomic mass is 9.98. The van der Waals surface area contributed by atoms with Gasteiger partial charge in [-0.3, -0.25) is 4.79 Å². The molecule has 2 atom stereocenters. The molecular weight excluding hydrogens is 426 g/mol. The first-order chi connectivity index (χ1) is 14.8. The first-order valence-electron chi connectivity index (χ1n) is 9.52. The zero-order valence-electron chi connectivity index (χ0n) is 16.9. The average Bonchev–Trinajstić information content (AvgIpc) is 2.74. The summed E-state index contributed by atoms with van der Waals surface area (Å²) in [5.41, 5.74) is 2.64. The van der Waals surface area contributed by atoms with Crippen LogP contribution in [0.25, 0.3) is 11.1 Å². The van der Waals surface area contributed by atoms with E-state index in [2.05, 4.69) is 5.32 Å². The molecule has 166 valence electrons. The number of carboxylic acids is 1. The van der Waals surface area contributed by atoms with E-state index >= 15 is 0 Å². The number of halogens is 1. The van der Waals surface area contributed by atoms with Crippen LogP contribution in [0.2, 0.25) is 5.02 Å². The first-order valence-corrected chi connectivity index (χ1v) is 9.90. The van der Waals surface area contributed by atoms with E-state index in [1.54, 1.807) is 6.07 Å². The Morgan fingerprint density at radius 3 is 2.39 bits per heavy atom. The van der Waals surface area contributed by atoms with Crippen molar-refractivity contribution in [2.24, 2.45) is 0 Å². The van der Waals surface area contributed by atoms with Gasteiger partial charge in [0.25, 0.3) is 0 Å². The van der Waals surface area contributed by atoms with Crippen molar-refractivity contribution in [1.82, 2.24) is 5.32 Å². The molecule has 2 aromatic carbocycles. The molecule has 0 spiro atoms. The van der Waals surface area contributed by atoms with E-state index < -0.39 is 30.0 Å². The molecule has 0 aromatic heterocycles. The fraction of sp³-hybridized carbons (Fsp3) is 0.318. The van der Waals surface area contributed by atoms with Gasteiger partial charge in [-0.15, -0.1) is 0 Å². The van der Waals surface area contributed by atoms with Crippen LogP contribution in [-0.2, 0) is 30.3 Å². The second kappa shape index (κ2) is 12.0. The summed E-state index contributed by atoms with van der Waals surface area (Å²) >= 11 is 6.03. The molecule has 0 saturated heterocycles. The van der Waals surface area contributed by atoms with Crippen molar-refractivity contribution in [1.29, 1.82) is 0 Å². The van der Waals surface area contributed by atoms with Crippen molar-refractivity contribution < 1.29 is 34.1 Å². The molecule has 0 heterocycles. The van der Waals surface area contributed by atoms with Crippen LogP contribution in [-0.4, -0.2) is 60.5 Å². The molecule has 3 N–H and O–H groups in total. The Bertz CT molecular complexity index is 901. The number of hydrogen-bond acceptors (Lipinski definition) is 6. The SMILES string of the molecule is COCCOC(=O)C(=O)N[C@H](Cc1ccc(-c2cccc(Cl)c2)cc1)CC(O)C(=O)O. The minimum absolute atomic E-state index is 0.0872. The zero-order chi connectivity index (χ0) is 22.8. The minimum Gasteiger partial charge on any atom is -0.479 e. The van der Waals surface area contributed by atoms with Gasteiger partial charge in [0, 0.05) is 24.6 Å². The van der Waals surface area contributed by atoms with Gasteiger partial charge in [-0.25, -0.2) is 9.59 Å². The lowest BCUT2D eigenvalue weighted by Gasteiger charge is -2.20. The van der Waals surface area contributed by atoms with Crippen LogP contribution in [0, 0.1) is 0 Å². The highest BCUT2D eigenvalue weighted by Crippen LogP contribution is 2.23. The number of benzene rings is 2. The highest BCUT2D eigenvalue weighted by Gasteiger charge is 2.25. The maximum atomic E-state index is 12.1. The molecule has 2 rings (SSSR count). The second-order valence-corrected chi connectivity index (χ2v) is 7.24. The molecule has 0 fully saturated rings. The minimum atomic E-state index is -1.69. The summed E-state index contributed by atoms with van der Waals surface area (Å²) < 4.78 is 9.50. The van der Waals surface area contributed by atoms with Gasteiger partial charge < -0.3 is 25.0 Å². The second-order valence-electron chi connectivity index (χ2n) is 6.80. The van der Waals surface area contributed by atoms with Crippen molar-refractivity contribution in [2.45, 2.75) is 25.0 Å². The van der Waals surface area contributed by atoms with Crippen molar-refractivity contribution in [3.63, 3.8) is 0 Å². The lowest BCUT2D eigenvalue weighted by molar-refractivity contribution is -0.156. The quantitative estimate of drug-likeness (QED) is 0.288. The summed E-state index contributed by atoms with van der Waals surface area (Å²) in [6, 6.07) is 13.9. The number of hydrogen-bond donors (Lipinski definition) is 3. The van der Waals surface area contributed by atoms with Crippen molar-refractivity contribution in [3.05, 3.63) is 59.1 Å². The Labute approximate surface area is 184 Å². The maximum absolute atomic E-state index is 12.1. The van der Waals surface area contributed by atoms with Crippen molar-refractivity contribution >= 4 is 29.4 Å². The number of aliphatic hydroxyl groups is 1. The number of aliphatic hydroxyl groups excluding tert-OH is 1. The summed E-state index contributed by atoms with van der Waals surface area (Å²) in [6.07, 6.45) is -1.76. The van der Waals surface area contributed by atoms with Crippen LogP contribution in [0.15, 0.2) is 48.5 Å². The third-order valence-electron chi connectivity index (χ3n) is 4.43. The zero-order valence-corrected chi connectivity index (χ0v) is 17.7. The van der Waals surface area contributed by atoms with E-state index in [0.717, 1.165) is 16.7 Å². The Hall–Kier alpha value is -2.94. The fourth-order valence-electron chi connectivity index (χ4n) is 2.88. The Morgan fingerprint density at radius 1 is 1.06 bits per heavy atom. The van der Waals surface area contributed by atoms with Gasteiger partial charge in [-0.05, 0) is 35.2 Å². The number of ether oxygens (including phenoxy) is 2. The summed E-state index contributed by atoms with van der Waals surface area (Å²) in [6.45, 7) is 0.0509. The monoisotopic (exact) mass is 449 g/mol. The number of esters is 1. The fourth-order valence-corrected chi connectivity index (χ4v) is 3.07. The van der Waals surface area contributed by atoms with Gasteiger partial charge in [0.05, 0.1) is 6.61 Å². The number of rotatable bonds is 10. The normalized spacial score (nSPS) is 12.6. The van der Waals surface area contributed by atoms with E-state index in [1.165, 1.54) is 7.11 Å². The van der Waals surface area contributed by atoms with Crippen LogP contribution in [0.5, 0.6) is 0 Å². The first kappa shape index (κ1) is 24.3. The third-order valence-corrected chi connectivity index (χ3v) is 4.66. The molecular formula is C22H24ClNO7. The largest absolute Gasteiger partial charge is 0.479 e. The maximum Gasteiger partial charge on any atom is 0.396 e. The van der Waals surface area contributed by atoms with Crippen LogP contribution in [0.1, 0.15) is 12.0 Å². The van der Waals surface area contributed by atoms with E-state index in [9.17, 15) is 19.5 Å². The van der Waals surface area contributed by atoms with Gasteiger partial charge in [0.1, 0.15) is 6.61 Å². The number of amides is 1. The number of carbonyl (C=O) groups is 3. The standard InChI is InChI=1S/C22H24ClNO7/c1-30-9-10-31-22(29)20(26)24-18(13-19(25)21(27)28)11-14-5-7-15(8-6-14)16-3-2-4-17(23)12-16/h2-8,12,18-19,25H,9-11,13H2,1H3,(H,24,26)(H,27,28)/t18-,19?/m1/s1. The molecule has 1 unspecified atom stereocenters. The molecule has 0 aliphatic carbocycles. The molecule has 0 aliphatic rings. The Balaban J connectivity index is 2.08. The van der Waals surface area contributed by atoms with E-state index in [1.807, 2.05) is 42.5 Å². The van der Waals surface area contributed by atoms with E-state index in [-0.39, 0.29) is 26.1 Å². The molecule has 0 bridgehead atoms. The molecule has 1 amide bonds. The van der Waals surface area contributed by atoms with Gasteiger partial charge >= 0.3 is 17.8 Å². The highest BCUT2D eigenvalue weighted by molar-refractivity contribution is 6.32. The molecule has 0 aliphatic heterocycles. The molecule has 0 saturated carbocycles. The highest BCUT2D eigenvalue weighted by atomic mass is 35.5. The summed E-state index contributed by atoms with van der Waals surface area (Å²) in [7, 11) is 1.43. The van der Waals surface area contributed by atoms with Crippen LogP contribution in [0.3, 0.4) is 0 Å². The predicted octanol–water partition coefficient (Wildman–Crippen LogP) is 2.06. The number of methoxy groups -OCH3 is 1. The van der Waals surface area contributed by atoms with Gasteiger partial charge in [-0.2, -0.15) is 0 Å². The van der Waals surface area contributed by atoms with Gasteiger partial charge in [-0.1, -0.05) is 48.0 Å². The summed E-state index contributed by atoms with van der Waals surface area (Å²) in [5, 5.41) is 21.8. The Morgan fingerprint density at radius 2 is 1.77 bits per heavy atom.